The first-order valence-electron chi connectivity index (χ1n) is 5.72. The number of nitrogens with zero attached hydrogens (tertiary/aromatic N) is 1. The van der Waals surface area contributed by atoms with Gasteiger partial charge in [0, 0.05) is 32.8 Å². The third-order valence-corrected chi connectivity index (χ3v) is 3.27. The van der Waals surface area contributed by atoms with E-state index in [4.69, 9.17) is 10.5 Å². The Kier molecular flexibility index (Phi) is 5.45. The van der Waals surface area contributed by atoms with Crippen LogP contribution in [0.4, 0.5) is 0 Å². The minimum atomic E-state index is 0.598. The van der Waals surface area contributed by atoms with Gasteiger partial charge in [0.15, 0.2) is 0 Å². The fraction of sp³-hybridized carbons (Fsp3) is 1.00. The van der Waals surface area contributed by atoms with Gasteiger partial charge in [-0.3, -0.25) is 4.90 Å². The minimum Gasteiger partial charge on any atom is -0.385 e. The number of piperidine rings is 1. The summed E-state index contributed by atoms with van der Waals surface area (Å²) in [4.78, 5) is 2.53. The Balaban J connectivity index is 2.32. The van der Waals surface area contributed by atoms with Crippen LogP contribution >= 0.6 is 0 Å². The first-order valence-corrected chi connectivity index (χ1v) is 5.72. The summed E-state index contributed by atoms with van der Waals surface area (Å²) in [5, 5.41) is 0. The molecular formula is C11H24N2O. The molecule has 0 aromatic heterocycles. The summed E-state index contributed by atoms with van der Waals surface area (Å²) in [5.41, 5.74) is 5.82. The van der Waals surface area contributed by atoms with E-state index in [1.54, 1.807) is 7.11 Å². The number of hydrogen-bond acceptors (Lipinski definition) is 3. The summed E-state index contributed by atoms with van der Waals surface area (Å²) in [5.74, 6) is 0.760. The first-order chi connectivity index (χ1) is 6.79. The van der Waals surface area contributed by atoms with Gasteiger partial charge in [-0.25, -0.2) is 0 Å². The second-order valence-corrected chi connectivity index (χ2v) is 4.30. The molecule has 1 aliphatic rings. The zero-order chi connectivity index (χ0) is 10.4. The van der Waals surface area contributed by atoms with E-state index in [0.717, 1.165) is 32.0 Å². The van der Waals surface area contributed by atoms with Gasteiger partial charge in [-0.2, -0.15) is 0 Å². The van der Waals surface area contributed by atoms with Gasteiger partial charge in [0.2, 0.25) is 0 Å². The van der Waals surface area contributed by atoms with E-state index >= 15 is 0 Å². The lowest BCUT2D eigenvalue weighted by Crippen LogP contribution is -2.48. The third-order valence-electron chi connectivity index (χ3n) is 3.27. The predicted molar refractivity (Wildman–Crippen MR) is 59.3 cm³/mol. The Morgan fingerprint density at radius 3 is 2.93 bits per heavy atom. The molecule has 0 amide bonds. The monoisotopic (exact) mass is 200 g/mol. The molecule has 14 heavy (non-hydrogen) atoms. The summed E-state index contributed by atoms with van der Waals surface area (Å²) in [7, 11) is 1.76. The van der Waals surface area contributed by atoms with E-state index in [2.05, 4.69) is 11.8 Å². The van der Waals surface area contributed by atoms with E-state index < -0.39 is 0 Å². The highest BCUT2D eigenvalue weighted by Crippen LogP contribution is 2.22. The van der Waals surface area contributed by atoms with Gasteiger partial charge in [-0.05, 0) is 31.7 Å². The van der Waals surface area contributed by atoms with E-state index in [1.165, 1.54) is 19.4 Å². The van der Waals surface area contributed by atoms with Crippen molar-refractivity contribution < 1.29 is 4.74 Å². The Morgan fingerprint density at radius 1 is 1.50 bits per heavy atom. The number of hydrogen-bond donors (Lipinski definition) is 1. The second-order valence-electron chi connectivity index (χ2n) is 4.30. The molecule has 3 nitrogen and oxygen atoms in total. The smallest absolute Gasteiger partial charge is 0.0474 e. The van der Waals surface area contributed by atoms with Crippen LogP contribution in [0, 0.1) is 5.92 Å². The van der Waals surface area contributed by atoms with Crippen LogP contribution in [0.3, 0.4) is 0 Å². The van der Waals surface area contributed by atoms with Gasteiger partial charge in [0.1, 0.15) is 0 Å². The molecule has 1 heterocycles. The average Bonchev–Trinajstić information content (AvgIpc) is 2.18. The molecule has 0 aromatic rings. The lowest BCUT2D eigenvalue weighted by molar-refractivity contribution is 0.0918. The van der Waals surface area contributed by atoms with Crippen LogP contribution in [0.15, 0.2) is 0 Å². The van der Waals surface area contributed by atoms with Crippen LogP contribution in [-0.4, -0.2) is 44.3 Å². The molecule has 0 aromatic carbocycles. The topological polar surface area (TPSA) is 38.5 Å². The Hall–Kier alpha value is -0.120. The molecule has 1 aliphatic heterocycles. The lowest BCUT2D eigenvalue weighted by Gasteiger charge is -2.39. The van der Waals surface area contributed by atoms with Crippen LogP contribution < -0.4 is 5.73 Å². The van der Waals surface area contributed by atoms with Crippen molar-refractivity contribution in [1.82, 2.24) is 4.90 Å². The zero-order valence-corrected chi connectivity index (χ0v) is 9.54. The fourth-order valence-electron chi connectivity index (χ4n) is 2.41. The molecule has 0 spiro atoms. The molecule has 1 saturated heterocycles. The first kappa shape index (κ1) is 12.0. The molecule has 0 aliphatic carbocycles. The summed E-state index contributed by atoms with van der Waals surface area (Å²) < 4.78 is 5.07. The maximum atomic E-state index is 5.82. The van der Waals surface area contributed by atoms with Crippen LogP contribution in [0.5, 0.6) is 0 Å². The average molecular weight is 200 g/mol. The Bertz CT molecular complexity index is 152. The third kappa shape index (κ3) is 3.23. The van der Waals surface area contributed by atoms with Gasteiger partial charge in [-0.15, -0.1) is 0 Å². The van der Waals surface area contributed by atoms with E-state index in [1.807, 2.05) is 0 Å². The SMILES string of the molecule is COCCCN1CCCC(C)C1CN. The molecule has 2 atom stereocenters. The highest BCUT2D eigenvalue weighted by Gasteiger charge is 2.26. The van der Waals surface area contributed by atoms with Crippen molar-refractivity contribution in [1.29, 1.82) is 0 Å². The number of nitrogens with two attached hydrogens (primary N) is 1. The van der Waals surface area contributed by atoms with Crippen molar-refractivity contribution in [3.8, 4) is 0 Å². The largest absolute Gasteiger partial charge is 0.385 e. The second kappa shape index (κ2) is 6.38. The normalized spacial score (nSPS) is 29.4. The molecule has 2 N–H and O–H groups in total. The highest BCUT2D eigenvalue weighted by atomic mass is 16.5. The molecule has 2 unspecified atom stereocenters. The summed E-state index contributed by atoms with van der Waals surface area (Å²) in [6.45, 7) is 6.34. The minimum absolute atomic E-state index is 0.598. The number of rotatable bonds is 5. The van der Waals surface area contributed by atoms with Gasteiger partial charge in [0.25, 0.3) is 0 Å². The zero-order valence-electron chi connectivity index (χ0n) is 9.54. The summed E-state index contributed by atoms with van der Waals surface area (Å²) in [6, 6.07) is 0.598. The van der Waals surface area contributed by atoms with Crippen molar-refractivity contribution in [2.45, 2.75) is 32.2 Å². The molecular weight excluding hydrogens is 176 g/mol. The van der Waals surface area contributed by atoms with E-state index in [9.17, 15) is 0 Å². The van der Waals surface area contributed by atoms with Crippen LogP contribution in [0.2, 0.25) is 0 Å². The summed E-state index contributed by atoms with van der Waals surface area (Å²) in [6.07, 6.45) is 3.78. The number of likely N-dealkylation sites (tertiary alicyclic amines) is 1. The number of methoxy groups -OCH3 is 1. The Labute approximate surface area is 87.6 Å². The van der Waals surface area contributed by atoms with Gasteiger partial charge in [-0.1, -0.05) is 6.92 Å². The molecule has 0 saturated carbocycles. The van der Waals surface area contributed by atoms with Gasteiger partial charge < -0.3 is 10.5 Å². The molecule has 1 fully saturated rings. The van der Waals surface area contributed by atoms with Crippen molar-refractivity contribution in [3.05, 3.63) is 0 Å². The fourth-order valence-corrected chi connectivity index (χ4v) is 2.41. The molecule has 1 rings (SSSR count). The molecule has 0 bridgehead atoms. The molecule has 0 radical (unpaired) electrons. The van der Waals surface area contributed by atoms with Crippen molar-refractivity contribution in [3.63, 3.8) is 0 Å². The maximum Gasteiger partial charge on any atom is 0.0474 e. The predicted octanol–water partition coefficient (Wildman–Crippen LogP) is 1.08. The highest BCUT2D eigenvalue weighted by molar-refractivity contribution is 4.82. The van der Waals surface area contributed by atoms with Crippen molar-refractivity contribution in [2.75, 3.05) is 33.4 Å². The van der Waals surface area contributed by atoms with Crippen LogP contribution in [0.25, 0.3) is 0 Å². The maximum absolute atomic E-state index is 5.82. The van der Waals surface area contributed by atoms with Gasteiger partial charge in [0.05, 0.1) is 0 Å². The number of ether oxygens (including phenoxy) is 1. The molecule has 84 valence electrons. The van der Waals surface area contributed by atoms with Crippen molar-refractivity contribution in [2.24, 2.45) is 11.7 Å². The van der Waals surface area contributed by atoms with Crippen molar-refractivity contribution >= 4 is 0 Å². The van der Waals surface area contributed by atoms with Gasteiger partial charge >= 0.3 is 0 Å². The van der Waals surface area contributed by atoms with Crippen LogP contribution in [0.1, 0.15) is 26.2 Å². The quantitative estimate of drug-likeness (QED) is 0.675. The van der Waals surface area contributed by atoms with E-state index in [0.29, 0.717) is 6.04 Å². The summed E-state index contributed by atoms with van der Waals surface area (Å²) >= 11 is 0. The van der Waals surface area contributed by atoms with Crippen LogP contribution in [-0.2, 0) is 4.74 Å². The standard InChI is InChI=1S/C11H24N2O/c1-10-5-3-6-13(11(10)9-12)7-4-8-14-2/h10-11H,3-9,12H2,1-2H3. The molecule has 3 heteroatoms. The van der Waals surface area contributed by atoms with E-state index in [-0.39, 0.29) is 0 Å². The lowest BCUT2D eigenvalue weighted by atomic mass is 9.91. The Morgan fingerprint density at radius 2 is 2.29 bits per heavy atom.